The molecule has 0 aromatic heterocycles. The lowest BCUT2D eigenvalue weighted by atomic mass is 10.2. The Bertz CT molecular complexity index is 275. The molecular weight excluding hydrogens is 274 g/mol. The molecule has 0 saturated heterocycles. The van der Waals surface area contributed by atoms with Gasteiger partial charge in [0.15, 0.2) is 0 Å². The zero-order valence-corrected chi connectivity index (χ0v) is 12.0. The minimum atomic E-state index is -2.36. The molecule has 1 unspecified atom stereocenters. The molecule has 0 aliphatic heterocycles. The van der Waals surface area contributed by atoms with Crippen molar-refractivity contribution >= 4 is 41.5 Å². The van der Waals surface area contributed by atoms with Crippen molar-refractivity contribution in [1.29, 1.82) is 0 Å². The SMILES string of the molecule is C=CCP(=S)(OC=C(Cl)Cl)OCC(C)C. The molecular formula is C9H15Cl2O2PS. The fraction of sp³-hybridized carbons (Fsp3) is 0.556. The van der Waals surface area contributed by atoms with Gasteiger partial charge in [0.25, 0.3) is 0 Å². The van der Waals surface area contributed by atoms with Gasteiger partial charge in [-0.25, -0.2) is 0 Å². The second-order valence-electron chi connectivity index (χ2n) is 3.28. The van der Waals surface area contributed by atoms with Crippen molar-refractivity contribution in [3.63, 3.8) is 0 Å². The summed E-state index contributed by atoms with van der Waals surface area (Å²) in [5.74, 6) is 0.399. The van der Waals surface area contributed by atoms with Crippen molar-refractivity contribution in [2.24, 2.45) is 5.92 Å². The Morgan fingerprint density at radius 2 is 2.13 bits per heavy atom. The first-order valence-electron chi connectivity index (χ1n) is 4.43. The number of hydrogen-bond acceptors (Lipinski definition) is 3. The van der Waals surface area contributed by atoms with Crippen LogP contribution in [0.3, 0.4) is 0 Å². The molecule has 0 fully saturated rings. The predicted molar refractivity (Wildman–Crippen MR) is 71.0 cm³/mol. The molecule has 0 radical (unpaired) electrons. The molecule has 0 aromatic rings. The Balaban J connectivity index is 4.38. The van der Waals surface area contributed by atoms with E-state index in [9.17, 15) is 0 Å². The van der Waals surface area contributed by atoms with E-state index >= 15 is 0 Å². The highest BCUT2D eigenvalue weighted by Gasteiger charge is 2.17. The van der Waals surface area contributed by atoms with E-state index in [2.05, 4.69) is 6.58 Å². The Labute approximate surface area is 106 Å². The third kappa shape index (κ3) is 8.29. The summed E-state index contributed by atoms with van der Waals surface area (Å²) in [5, 5.41) is 0. The lowest BCUT2D eigenvalue weighted by Gasteiger charge is -2.20. The molecule has 2 nitrogen and oxygen atoms in total. The summed E-state index contributed by atoms with van der Waals surface area (Å²) in [7, 11) is 0. The fourth-order valence-electron chi connectivity index (χ4n) is 0.667. The number of hydrogen-bond donors (Lipinski definition) is 0. The standard InChI is InChI=1S/C9H15Cl2O2PS/c1-4-5-14(15,12-6-8(2)3)13-7-9(10)11/h4,7-8H,1,5-6H2,2-3H3. The van der Waals surface area contributed by atoms with Gasteiger partial charge in [-0.2, -0.15) is 0 Å². The van der Waals surface area contributed by atoms with Gasteiger partial charge < -0.3 is 9.05 Å². The number of allylic oxidation sites excluding steroid dienone is 1. The quantitative estimate of drug-likeness (QED) is 0.392. The molecule has 0 saturated carbocycles. The van der Waals surface area contributed by atoms with Crippen LogP contribution >= 0.6 is 29.7 Å². The summed E-state index contributed by atoms with van der Waals surface area (Å²) < 4.78 is 10.9. The molecule has 0 rings (SSSR count). The van der Waals surface area contributed by atoms with E-state index < -0.39 is 6.49 Å². The third-order valence-electron chi connectivity index (χ3n) is 1.26. The van der Waals surface area contributed by atoms with Crippen LogP contribution in [0.4, 0.5) is 0 Å². The zero-order valence-electron chi connectivity index (χ0n) is 8.78. The van der Waals surface area contributed by atoms with Gasteiger partial charge in [-0.15, -0.1) is 6.58 Å². The lowest BCUT2D eigenvalue weighted by molar-refractivity contribution is 0.260. The molecule has 0 aromatic carbocycles. The molecule has 15 heavy (non-hydrogen) atoms. The summed E-state index contributed by atoms with van der Waals surface area (Å²) in [6.07, 6.45) is 3.39. The van der Waals surface area contributed by atoms with Crippen LogP contribution in [0.1, 0.15) is 13.8 Å². The lowest BCUT2D eigenvalue weighted by Crippen LogP contribution is -2.02. The first kappa shape index (κ1) is 15.5. The van der Waals surface area contributed by atoms with Crippen molar-refractivity contribution in [2.75, 3.05) is 12.8 Å². The highest BCUT2D eigenvalue weighted by atomic mass is 35.5. The summed E-state index contributed by atoms with van der Waals surface area (Å²) in [6.45, 7) is 5.89. The van der Waals surface area contributed by atoms with Gasteiger partial charge in [0.1, 0.15) is 10.8 Å². The summed E-state index contributed by atoms with van der Waals surface area (Å²) in [5.41, 5.74) is 0. The average molecular weight is 289 g/mol. The van der Waals surface area contributed by atoms with Crippen LogP contribution in [0.25, 0.3) is 0 Å². The topological polar surface area (TPSA) is 18.5 Å². The minimum Gasteiger partial charge on any atom is -0.448 e. The number of halogens is 2. The molecule has 0 aliphatic rings. The second kappa shape index (κ2) is 7.70. The van der Waals surface area contributed by atoms with Gasteiger partial charge in [0, 0.05) is 0 Å². The predicted octanol–water partition coefficient (Wildman–Crippen LogP) is 4.45. The zero-order chi connectivity index (χ0) is 11.9. The Morgan fingerprint density at radius 1 is 1.53 bits per heavy atom. The van der Waals surface area contributed by atoms with E-state index in [-0.39, 0.29) is 4.49 Å². The van der Waals surface area contributed by atoms with Gasteiger partial charge in [0.2, 0.25) is 6.49 Å². The van der Waals surface area contributed by atoms with E-state index in [4.69, 9.17) is 44.1 Å². The monoisotopic (exact) mass is 288 g/mol. The summed E-state index contributed by atoms with van der Waals surface area (Å²) in [6, 6.07) is 0. The van der Waals surface area contributed by atoms with Crippen LogP contribution in [0.5, 0.6) is 0 Å². The van der Waals surface area contributed by atoms with E-state index in [1.807, 2.05) is 13.8 Å². The molecule has 6 heteroatoms. The van der Waals surface area contributed by atoms with E-state index in [1.54, 1.807) is 6.08 Å². The van der Waals surface area contributed by atoms with Crippen LogP contribution in [-0.4, -0.2) is 12.8 Å². The minimum absolute atomic E-state index is 0.0291. The molecule has 0 amide bonds. The largest absolute Gasteiger partial charge is 0.448 e. The van der Waals surface area contributed by atoms with Crippen molar-refractivity contribution in [1.82, 2.24) is 0 Å². The highest BCUT2D eigenvalue weighted by molar-refractivity contribution is 8.10. The molecule has 0 bridgehead atoms. The Morgan fingerprint density at radius 3 is 2.53 bits per heavy atom. The average Bonchev–Trinajstić information content (AvgIpc) is 2.13. The van der Waals surface area contributed by atoms with Crippen LogP contribution < -0.4 is 0 Å². The smallest absolute Gasteiger partial charge is 0.241 e. The number of rotatable bonds is 7. The fourth-order valence-corrected chi connectivity index (χ4v) is 2.87. The molecule has 1 atom stereocenters. The van der Waals surface area contributed by atoms with Crippen molar-refractivity contribution in [2.45, 2.75) is 13.8 Å². The Kier molecular flexibility index (Phi) is 7.94. The van der Waals surface area contributed by atoms with Crippen molar-refractivity contribution in [3.05, 3.63) is 23.4 Å². The van der Waals surface area contributed by atoms with Crippen LogP contribution in [-0.2, 0) is 20.9 Å². The normalized spacial score (nSPS) is 14.5. The molecule has 0 heterocycles. The van der Waals surface area contributed by atoms with Crippen LogP contribution in [0, 0.1) is 5.92 Å². The van der Waals surface area contributed by atoms with E-state index in [1.165, 1.54) is 6.26 Å². The molecule has 0 aliphatic carbocycles. The maximum atomic E-state index is 5.55. The molecule has 0 spiro atoms. The van der Waals surface area contributed by atoms with E-state index in [0.717, 1.165) is 0 Å². The summed E-state index contributed by atoms with van der Waals surface area (Å²) >= 11 is 16.1. The maximum Gasteiger partial charge on any atom is 0.241 e. The van der Waals surface area contributed by atoms with Gasteiger partial charge in [-0.3, -0.25) is 0 Å². The summed E-state index contributed by atoms with van der Waals surface area (Å²) in [4.78, 5) is 0. The van der Waals surface area contributed by atoms with Crippen molar-refractivity contribution < 1.29 is 9.05 Å². The maximum absolute atomic E-state index is 5.55. The van der Waals surface area contributed by atoms with Gasteiger partial charge >= 0.3 is 0 Å². The van der Waals surface area contributed by atoms with Gasteiger partial charge in [-0.05, 0) is 17.7 Å². The first-order chi connectivity index (χ1) is 6.89. The second-order valence-corrected chi connectivity index (χ2v) is 8.02. The van der Waals surface area contributed by atoms with E-state index in [0.29, 0.717) is 18.7 Å². The molecule has 88 valence electrons. The van der Waals surface area contributed by atoms with Gasteiger partial charge in [0.05, 0.1) is 12.8 Å². The third-order valence-corrected chi connectivity index (χ3v) is 4.13. The molecule has 0 N–H and O–H groups in total. The van der Waals surface area contributed by atoms with Crippen LogP contribution in [0.2, 0.25) is 0 Å². The Hall–Kier alpha value is 0.470. The van der Waals surface area contributed by atoms with Gasteiger partial charge in [-0.1, -0.05) is 43.1 Å². The van der Waals surface area contributed by atoms with Crippen molar-refractivity contribution in [3.8, 4) is 0 Å². The van der Waals surface area contributed by atoms with Crippen LogP contribution in [0.15, 0.2) is 23.4 Å². The highest BCUT2D eigenvalue weighted by Crippen LogP contribution is 2.49. The first-order valence-corrected chi connectivity index (χ1v) is 8.01.